The number of aromatic nitrogens is 2. The van der Waals surface area contributed by atoms with Crippen LogP contribution in [0.1, 0.15) is 35.8 Å². The fourth-order valence-corrected chi connectivity index (χ4v) is 1.98. The van der Waals surface area contributed by atoms with E-state index in [1.54, 1.807) is 36.4 Å². The molecule has 0 spiro atoms. The Labute approximate surface area is 135 Å². The second kappa shape index (κ2) is 7.90. The number of nitriles is 1. The number of anilines is 2. The number of nitrogens with one attached hydrogen (secondary N) is 1. The van der Waals surface area contributed by atoms with Crippen LogP contribution in [0.25, 0.3) is 0 Å². The van der Waals surface area contributed by atoms with Gasteiger partial charge in [0.15, 0.2) is 11.5 Å². The largest absolute Gasteiger partial charge is 0.358 e. The van der Waals surface area contributed by atoms with Crippen LogP contribution < -0.4 is 10.2 Å². The van der Waals surface area contributed by atoms with Crippen LogP contribution in [-0.4, -0.2) is 29.7 Å². The molecule has 2 aromatic rings. The van der Waals surface area contributed by atoms with Crippen molar-refractivity contribution in [3.8, 4) is 6.07 Å². The lowest BCUT2D eigenvalue weighted by Gasteiger charge is -2.16. The van der Waals surface area contributed by atoms with Gasteiger partial charge in [-0.1, -0.05) is 13.3 Å². The summed E-state index contributed by atoms with van der Waals surface area (Å²) in [6, 6.07) is 12.1. The van der Waals surface area contributed by atoms with Gasteiger partial charge in [0, 0.05) is 19.3 Å². The van der Waals surface area contributed by atoms with Crippen LogP contribution in [0.5, 0.6) is 0 Å². The number of nitrogens with zero attached hydrogens (tertiary/aromatic N) is 4. The number of carbonyl (C=O) groups excluding carboxylic acids is 1. The number of hydrogen-bond acceptors (Lipinski definition) is 5. The highest BCUT2D eigenvalue weighted by atomic mass is 16.1. The molecule has 0 radical (unpaired) electrons. The highest BCUT2D eigenvalue weighted by Gasteiger charge is 2.10. The van der Waals surface area contributed by atoms with Crippen LogP contribution in [0.4, 0.5) is 11.5 Å². The van der Waals surface area contributed by atoms with Crippen LogP contribution >= 0.6 is 0 Å². The number of rotatable bonds is 6. The second-order valence-electron chi connectivity index (χ2n) is 5.20. The molecule has 1 N–H and O–H groups in total. The molecule has 2 rings (SSSR count). The van der Waals surface area contributed by atoms with Crippen molar-refractivity contribution >= 4 is 17.4 Å². The maximum atomic E-state index is 12.1. The Bertz CT molecular complexity index is 688. The zero-order valence-electron chi connectivity index (χ0n) is 13.3. The first kappa shape index (κ1) is 16.4. The predicted octanol–water partition coefficient (Wildman–Crippen LogP) is 2.84. The highest BCUT2D eigenvalue weighted by molar-refractivity contribution is 6.02. The van der Waals surface area contributed by atoms with Crippen molar-refractivity contribution in [3.05, 3.63) is 47.7 Å². The van der Waals surface area contributed by atoms with Crippen molar-refractivity contribution in [2.24, 2.45) is 0 Å². The van der Waals surface area contributed by atoms with Crippen LogP contribution in [0, 0.1) is 11.3 Å². The fraction of sp³-hybridized carbons (Fsp3) is 0.294. The third-order valence-corrected chi connectivity index (χ3v) is 3.39. The SMILES string of the molecule is CCCCN(C)c1ccc(C(=O)Nc2ccc(C#N)cc2)nn1. The minimum absolute atomic E-state index is 0.252. The molecule has 0 atom stereocenters. The summed E-state index contributed by atoms with van der Waals surface area (Å²) in [5.41, 5.74) is 1.41. The lowest BCUT2D eigenvalue weighted by Crippen LogP contribution is -2.21. The second-order valence-corrected chi connectivity index (χ2v) is 5.20. The maximum Gasteiger partial charge on any atom is 0.276 e. The first-order valence-electron chi connectivity index (χ1n) is 7.50. The Morgan fingerprint density at radius 3 is 2.52 bits per heavy atom. The molecule has 1 amide bonds. The van der Waals surface area contributed by atoms with E-state index in [9.17, 15) is 4.79 Å². The molecule has 0 aliphatic rings. The van der Waals surface area contributed by atoms with Gasteiger partial charge in [-0.25, -0.2) is 0 Å². The summed E-state index contributed by atoms with van der Waals surface area (Å²) < 4.78 is 0. The molecular weight excluding hydrogens is 290 g/mol. The lowest BCUT2D eigenvalue weighted by atomic mass is 10.2. The lowest BCUT2D eigenvalue weighted by molar-refractivity contribution is 0.102. The van der Waals surface area contributed by atoms with Gasteiger partial charge in [0.25, 0.3) is 5.91 Å². The van der Waals surface area contributed by atoms with E-state index in [1.165, 1.54) is 0 Å². The van der Waals surface area contributed by atoms with Crippen LogP contribution in [0.15, 0.2) is 36.4 Å². The van der Waals surface area contributed by atoms with E-state index in [2.05, 4.69) is 22.4 Å². The monoisotopic (exact) mass is 309 g/mol. The Morgan fingerprint density at radius 2 is 1.96 bits per heavy atom. The molecular formula is C17H19N5O. The van der Waals surface area contributed by atoms with E-state index in [-0.39, 0.29) is 11.6 Å². The molecule has 6 heteroatoms. The molecule has 0 unspecified atom stereocenters. The van der Waals surface area contributed by atoms with Gasteiger partial charge in [-0.05, 0) is 42.8 Å². The number of carbonyl (C=O) groups is 1. The quantitative estimate of drug-likeness (QED) is 0.887. The molecule has 0 aliphatic carbocycles. The van der Waals surface area contributed by atoms with Gasteiger partial charge in [0.1, 0.15) is 0 Å². The van der Waals surface area contributed by atoms with Gasteiger partial charge in [0.05, 0.1) is 11.6 Å². The zero-order valence-corrected chi connectivity index (χ0v) is 13.3. The zero-order chi connectivity index (χ0) is 16.7. The van der Waals surface area contributed by atoms with E-state index in [0.29, 0.717) is 11.3 Å². The van der Waals surface area contributed by atoms with Crippen molar-refractivity contribution in [1.29, 1.82) is 5.26 Å². The Balaban J connectivity index is 2.00. The molecule has 0 aliphatic heterocycles. The molecule has 1 aromatic heterocycles. The van der Waals surface area contributed by atoms with Crippen LogP contribution in [0.2, 0.25) is 0 Å². The molecule has 118 valence electrons. The molecule has 6 nitrogen and oxygen atoms in total. The minimum Gasteiger partial charge on any atom is -0.358 e. The third kappa shape index (κ3) is 4.51. The third-order valence-electron chi connectivity index (χ3n) is 3.39. The van der Waals surface area contributed by atoms with Crippen molar-refractivity contribution in [1.82, 2.24) is 10.2 Å². The van der Waals surface area contributed by atoms with Gasteiger partial charge in [-0.3, -0.25) is 4.79 Å². The molecule has 0 bridgehead atoms. The van der Waals surface area contributed by atoms with Crippen molar-refractivity contribution in [2.75, 3.05) is 23.8 Å². The molecule has 0 saturated heterocycles. The topological polar surface area (TPSA) is 81.9 Å². The number of hydrogen-bond donors (Lipinski definition) is 1. The summed E-state index contributed by atoms with van der Waals surface area (Å²) in [7, 11) is 1.95. The van der Waals surface area contributed by atoms with Gasteiger partial charge in [-0.2, -0.15) is 5.26 Å². The standard InChI is InChI=1S/C17H19N5O/c1-3-4-11-22(2)16-10-9-15(20-21-16)17(23)19-14-7-5-13(12-18)6-8-14/h5-10H,3-4,11H2,1-2H3,(H,19,23). The van der Waals surface area contributed by atoms with E-state index in [1.807, 2.05) is 18.0 Å². The minimum atomic E-state index is -0.329. The van der Waals surface area contributed by atoms with Crippen LogP contribution in [-0.2, 0) is 0 Å². The van der Waals surface area contributed by atoms with Crippen LogP contribution in [0.3, 0.4) is 0 Å². The van der Waals surface area contributed by atoms with E-state index in [4.69, 9.17) is 5.26 Å². The molecule has 23 heavy (non-hydrogen) atoms. The normalized spacial score (nSPS) is 9.96. The van der Waals surface area contributed by atoms with E-state index < -0.39 is 0 Å². The molecule has 1 heterocycles. The number of amides is 1. The first-order chi connectivity index (χ1) is 11.1. The first-order valence-corrected chi connectivity index (χ1v) is 7.50. The Hall–Kier alpha value is -2.94. The van der Waals surface area contributed by atoms with Gasteiger partial charge in [-0.15, -0.1) is 10.2 Å². The maximum absolute atomic E-state index is 12.1. The summed E-state index contributed by atoms with van der Waals surface area (Å²) in [5.74, 6) is 0.415. The number of unbranched alkanes of at least 4 members (excludes halogenated alkanes) is 1. The number of benzene rings is 1. The van der Waals surface area contributed by atoms with Crippen molar-refractivity contribution < 1.29 is 4.79 Å². The van der Waals surface area contributed by atoms with E-state index in [0.717, 1.165) is 25.2 Å². The molecule has 0 saturated carbocycles. The van der Waals surface area contributed by atoms with Crippen molar-refractivity contribution in [3.63, 3.8) is 0 Å². The fourth-order valence-electron chi connectivity index (χ4n) is 1.98. The summed E-state index contributed by atoms with van der Waals surface area (Å²) in [6.45, 7) is 3.04. The predicted molar refractivity (Wildman–Crippen MR) is 89.3 cm³/mol. The van der Waals surface area contributed by atoms with Gasteiger partial charge < -0.3 is 10.2 Å². The Kier molecular flexibility index (Phi) is 5.64. The van der Waals surface area contributed by atoms with Gasteiger partial charge in [0.2, 0.25) is 0 Å². The average molecular weight is 309 g/mol. The summed E-state index contributed by atoms with van der Waals surface area (Å²) >= 11 is 0. The van der Waals surface area contributed by atoms with E-state index >= 15 is 0 Å². The molecule has 1 aromatic carbocycles. The smallest absolute Gasteiger partial charge is 0.276 e. The summed E-state index contributed by atoms with van der Waals surface area (Å²) in [6.07, 6.45) is 2.20. The highest BCUT2D eigenvalue weighted by Crippen LogP contribution is 2.12. The van der Waals surface area contributed by atoms with Crippen molar-refractivity contribution in [2.45, 2.75) is 19.8 Å². The Morgan fingerprint density at radius 1 is 1.22 bits per heavy atom. The summed E-state index contributed by atoms with van der Waals surface area (Å²) in [5, 5.41) is 19.6. The molecule has 0 fully saturated rings. The summed E-state index contributed by atoms with van der Waals surface area (Å²) in [4.78, 5) is 14.1. The average Bonchev–Trinajstić information content (AvgIpc) is 2.60. The van der Waals surface area contributed by atoms with Gasteiger partial charge >= 0.3 is 0 Å².